The van der Waals surface area contributed by atoms with Gasteiger partial charge >= 0.3 is 6.18 Å². The molecule has 1 saturated heterocycles. The predicted molar refractivity (Wildman–Crippen MR) is 130 cm³/mol. The number of hydrogen-bond acceptors (Lipinski definition) is 6. The number of methoxy groups -OCH3 is 1. The van der Waals surface area contributed by atoms with E-state index in [0.29, 0.717) is 27.4 Å². The maximum atomic E-state index is 14.6. The molecule has 4 rings (SSSR count). The number of anilines is 1. The first kappa shape index (κ1) is 26.8. The number of likely N-dealkylation sites (tertiary alicyclic amines) is 1. The number of carbonyl (C=O) groups excluding carboxylic acids is 1. The van der Waals surface area contributed by atoms with Gasteiger partial charge in [-0.15, -0.1) is 11.3 Å². The van der Waals surface area contributed by atoms with Gasteiger partial charge in [0.2, 0.25) is 0 Å². The number of pyridine rings is 1. The van der Waals surface area contributed by atoms with Crippen molar-refractivity contribution >= 4 is 23.1 Å². The minimum absolute atomic E-state index is 0.0267. The molecule has 1 aliphatic rings. The van der Waals surface area contributed by atoms with Gasteiger partial charge in [0.25, 0.3) is 11.8 Å². The SMILES string of the molecule is COc1cccc(-c2sc(C)nc2C(=O)N2CC(F)(F)C[C@@H](C)[C@H]2CNc2ccc(C(F)(F)F)cn2)c1. The number of ether oxygens (including phenoxy) is 1. The predicted octanol–water partition coefficient (Wildman–Crippen LogP) is 6.14. The second kappa shape index (κ2) is 10.2. The number of carbonyl (C=O) groups is 1. The Hall–Kier alpha value is -3.28. The highest BCUT2D eigenvalue weighted by atomic mass is 32.1. The number of alkyl halides is 5. The molecule has 1 N–H and O–H groups in total. The van der Waals surface area contributed by atoms with Gasteiger partial charge in [-0.3, -0.25) is 4.79 Å². The maximum absolute atomic E-state index is 14.6. The van der Waals surface area contributed by atoms with E-state index < -0.39 is 48.5 Å². The fourth-order valence-corrected chi connectivity index (χ4v) is 5.33. The van der Waals surface area contributed by atoms with Crippen molar-refractivity contribution in [1.29, 1.82) is 0 Å². The summed E-state index contributed by atoms with van der Waals surface area (Å²) in [6, 6.07) is 8.43. The first-order chi connectivity index (χ1) is 17.4. The summed E-state index contributed by atoms with van der Waals surface area (Å²) in [7, 11) is 1.52. The third-order valence-corrected chi connectivity index (χ3v) is 7.21. The fourth-order valence-electron chi connectivity index (χ4n) is 4.42. The Kier molecular flexibility index (Phi) is 7.40. The normalized spacial score (nSPS) is 19.5. The molecule has 2 atom stereocenters. The molecule has 0 saturated carbocycles. The van der Waals surface area contributed by atoms with Crippen LogP contribution in [0.3, 0.4) is 0 Å². The van der Waals surface area contributed by atoms with Gasteiger partial charge in [0.15, 0.2) is 0 Å². The number of halogens is 5. The lowest BCUT2D eigenvalue weighted by atomic mass is 9.88. The number of aromatic nitrogens is 2. The van der Waals surface area contributed by atoms with Crippen LogP contribution in [0.5, 0.6) is 5.75 Å². The van der Waals surface area contributed by atoms with E-state index in [1.807, 2.05) is 0 Å². The Morgan fingerprint density at radius 2 is 2.03 bits per heavy atom. The summed E-state index contributed by atoms with van der Waals surface area (Å²) >= 11 is 1.28. The molecule has 12 heteroatoms. The molecule has 1 aromatic carbocycles. The Labute approximate surface area is 214 Å². The molecule has 1 fully saturated rings. The van der Waals surface area contributed by atoms with E-state index in [2.05, 4.69) is 15.3 Å². The minimum atomic E-state index is -4.52. The number of amides is 1. The van der Waals surface area contributed by atoms with Gasteiger partial charge in [-0.25, -0.2) is 18.7 Å². The van der Waals surface area contributed by atoms with Crippen LogP contribution in [-0.2, 0) is 6.18 Å². The van der Waals surface area contributed by atoms with Crippen molar-refractivity contribution in [1.82, 2.24) is 14.9 Å². The van der Waals surface area contributed by atoms with Crippen LogP contribution < -0.4 is 10.1 Å². The van der Waals surface area contributed by atoms with Crippen molar-refractivity contribution in [3.63, 3.8) is 0 Å². The summed E-state index contributed by atoms with van der Waals surface area (Å²) in [5.74, 6) is -3.62. The summed E-state index contributed by atoms with van der Waals surface area (Å²) in [4.78, 5) is 23.5. The van der Waals surface area contributed by atoms with E-state index in [4.69, 9.17) is 4.74 Å². The van der Waals surface area contributed by atoms with Gasteiger partial charge in [0, 0.05) is 19.2 Å². The average Bonchev–Trinajstić information content (AvgIpc) is 3.23. The highest BCUT2D eigenvalue weighted by Crippen LogP contribution is 2.38. The fraction of sp³-hybridized carbons (Fsp3) is 0.400. The number of nitrogens with one attached hydrogen (secondary N) is 1. The van der Waals surface area contributed by atoms with E-state index in [1.54, 1.807) is 38.1 Å². The molecule has 1 aliphatic heterocycles. The third kappa shape index (κ3) is 6.00. The highest BCUT2D eigenvalue weighted by molar-refractivity contribution is 7.15. The van der Waals surface area contributed by atoms with Crippen LogP contribution in [0.25, 0.3) is 10.4 Å². The molecule has 0 aliphatic carbocycles. The second-order valence-electron chi connectivity index (χ2n) is 8.99. The van der Waals surface area contributed by atoms with Gasteiger partial charge in [-0.2, -0.15) is 13.2 Å². The van der Waals surface area contributed by atoms with Crippen molar-refractivity contribution in [2.45, 2.75) is 38.4 Å². The zero-order valence-electron chi connectivity index (χ0n) is 20.3. The maximum Gasteiger partial charge on any atom is 0.417 e. The monoisotopic (exact) mass is 540 g/mol. The van der Waals surface area contributed by atoms with Crippen LogP contribution in [0.4, 0.5) is 27.8 Å². The molecule has 0 radical (unpaired) electrons. The summed E-state index contributed by atoms with van der Waals surface area (Å²) in [6.07, 6.45) is -4.26. The van der Waals surface area contributed by atoms with E-state index in [0.717, 1.165) is 11.0 Å². The van der Waals surface area contributed by atoms with Crippen LogP contribution in [-0.4, -0.2) is 52.9 Å². The molecule has 2 aromatic heterocycles. The summed E-state index contributed by atoms with van der Waals surface area (Å²) in [5.41, 5.74) is -0.156. The molecule has 0 unspecified atom stereocenters. The molecular formula is C25H25F5N4O2S. The van der Waals surface area contributed by atoms with Crippen molar-refractivity contribution in [3.05, 3.63) is 58.9 Å². The van der Waals surface area contributed by atoms with Crippen LogP contribution in [0, 0.1) is 12.8 Å². The summed E-state index contributed by atoms with van der Waals surface area (Å²) < 4.78 is 73.0. The zero-order chi connectivity index (χ0) is 27.0. The molecule has 37 heavy (non-hydrogen) atoms. The molecular weight excluding hydrogens is 515 g/mol. The van der Waals surface area contributed by atoms with Gasteiger partial charge in [-0.05, 0) is 42.7 Å². The number of rotatable bonds is 6. The number of thiazole rings is 1. The Morgan fingerprint density at radius 3 is 2.68 bits per heavy atom. The van der Waals surface area contributed by atoms with Crippen LogP contribution in [0.15, 0.2) is 42.6 Å². The van der Waals surface area contributed by atoms with E-state index in [1.165, 1.54) is 24.5 Å². The van der Waals surface area contributed by atoms with Gasteiger partial charge in [0.1, 0.15) is 17.3 Å². The molecule has 6 nitrogen and oxygen atoms in total. The number of aryl methyl sites for hydroxylation is 1. The molecule has 198 valence electrons. The molecule has 0 spiro atoms. The zero-order valence-corrected chi connectivity index (χ0v) is 21.1. The first-order valence-electron chi connectivity index (χ1n) is 11.5. The van der Waals surface area contributed by atoms with Gasteiger partial charge in [-0.1, -0.05) is 19.1 Å². The minimum Gasteiger partial charge on any atom is -0.497 e. The molecule has 1 amide bonds. The van der Waals surface area contributed by atoms with Gasteiger partial charge < -0.3 is 15.0 Å². The van der Waals surface area contributed by atoms with Crippen LogP contribution in [0.2, 0.25) is 0 Å². The van der Waals surface area contributed by atoms with E-state index in [9.17, 15) is 26.7 Å². The number of benzene rings is 1. The van der Waals surface area contributed by atoms with E-state index >= 15 is 0 Å². The standard InChI is InChI=1S/C25H25F5N4O2S/c1-14-10-24(26,27)13-34(19(14)12-32-20-8-7-17(11-31-20)25(28,29)30)23(35)21-22(37-15(2)33-21)16-5-4-6-18(9-16)36-3/h4-9,11,14,19H,10,12-13H2,1-3H3,(H,31,32)/t14-,19-/m1/s1. The van der Waals surface area contributed by atoms with Crippen molar-refractivity contribution < 1.29 is 31.5 Å². The molecule has 3 heterocycles. The lowest BCUT2D eigenvalue weighted by Crippen LogP contribution is -2.57. The number of piperidine rings is 1. The van der Waals surface area contributed by atoms with Crippen LogP contribution >= 0.6 is 11.3 Å². The summed E-state index contributed by atoms with van der Waals surface area (Å²) in [6.45, 7) is 2.58. The quantitative estimate of drug-likeness (QED) is 0.381. The van der Waals surface area contributed by atoms with Gasteiger partial charge in [0.05, 0.1) is 35.1 Å². The van der Waals surface area contributed by atoms with Crippen LogP contribution in [0.1, 0.15) is 34.4 Å². The second-order valence-corrected chi connectivity index (χ2v) is 10.2. The topological polar surface area (TPSA) is 67.3 Å². The lowest BCUT2D eigenvalue weighted by Gasteiger charge is -2.43. The van der Waals surface area contributed by atoms with E-state index in [-0.39, 0.29) is 18.1 Å². The van der Waals surface area contributed by atoms with Crippen molar-refractivity contribution in [2.75, 3.05) is 25.5 Å². The first-order valence-corrected chi connectivity index (χ1v) is 12.3. The molecule has 0 bridgehead atoms. The van der Waals surface area contributed by atoms with Crippen molar-refractivity contribution in [2.24, 2.45) is 5.92 Å². The number of hydrogen-bond donors (Lipinski definition) is 1. The smallest absolute Gasteiger partial charge is 0.417 e. The highest BCUT2D eigenvalue weighted by Gasteiger charge is 2.47. The number of nitrogens with zero attached hydrogens (tertiary/aromatic N) is 3. The largest absolute Gasteiger partial charge is 0.497 e. The van der Waals surface area contributed by atoms with Crippen molar-refractivity contribution in [3.8, 4) is 16.2 Å². The Balaban J connectivity index is 1.62. The summed E-state index contributed by atoms with van der Waals surface area (Å²) in [5, 5.41) is 3.50. The molecule has 3 aromatic rings. The Morgan fingerprint density at radius 1 is 1.27 bits per heavy atom. The average molecular weight is 541 g/mol. The third-order valence-electron chi connectivity index (χ3n) is 6.19. The Bertz CT molecular complexity index is 1260. The lowest BCUT2D eigenvalue weighted by molar-refractivity contribution is -0.137.